The molecule has 0 heterocycles. The number of hydrogen-bond acceptors (Lipinski definition) is 5. The van der Waals surface area contributed by atoms with Crippen LogP contribution < -0.4 is 10.1 Å². The van der Waals surface area contributed by atoms with Gasteiger partial charge in [-0.05, 0) is 37.1 Å². The first-order valence-corrected chi connectivity index (χ1v) is 8.83. The molecule has 0 saturated carbocycles. The topological polar surface area (TPSA) is 119 Å². The van der Waals surface area contributed by atoms with Gasteiger partial charge in [0.2, 0.25) is 0 Å². The number of carbonyl (C=O) groups is 2. The van der Waals surface area contributed by atoms with Crippen molar-refractivity contribution in [2.45, 2.75) is 32.7 Å². The maximum Gasteiger partial charge on any atom is 0.305 e. The third kappa shape index (κ3) is 5.29. The molecular formula is C20H22N2O6. The molecule has 2 N–H and O–H groups in total. The van der Waals surface area contributed by atoms with Crippen molar-refractivity contribution < 1.29 is 24.4 Å². The number of benzene rings is 2. The first kappa shape index (κ1) is 20.9. The SMILES string of the molecule is CCCOc1ccc([C@H](CC(=O)O)NC(=O)c2cccc([N+](=O)[O-])c2C)cc1. The number of nitrogens with zero attached hydrogens (tertiary/aromatic N) is 1. The monoisotopic (exact) mass is 386 g/mol. The molecule has 0 bridgehead atoms. The lowest BCUT2D eigenvalue weighted by Gasteiger charge is -2.18. The van der Waals surface area contributed by atoms with Crippen molar-refractivity contribution in [3.8, 4) is 5.75 Å². The van der Waals surface area contributed by atoms with E-state index in [1.807, 2.05) is 6.92 Å². The molecule has 2 aromatic rings. The van der Waals surface area contributed by atoms with Crippen molar-refractivity contribution in [3.63, 3.8) is 0 Å². The molecule has 28 heavy (non-hydrogen) atoms. The molecule has 1 amide bonds. The standard InChI is InChI=1S/C20H22N2O6/c1-3-11-28-15-9-7-14(8-10-15)17(12-19(23)24)21-20(25)16-5-4-6-18(13(16)2)22(26)27/h4-10,17H,3,11-12H2,1-2H3,(H,21,25)(H,23,24)/t17-/m0/s1. The maximum atomic E-state index is 12.7. The lowest BCUT2D eigenvalue weighted by atomic mass is 10.0. The fourth-order valence-electron chi connectivity index (χ4n) is 2.75. The van der Waals surface area contributed by atoms with Crippen LogP contribution in [0.2, 0.25) is 0 Å². The van der Waals surface area contributed by atoms with Gasteiger partial charge in [-0.2, -0.15) is 0 Å². The summed E-state index contributed by atoms with van der Waals surface area (Å²) in [6.07, 6.45) is 0.539. The summed E-state index contributed by atoms with van der Waals surface area (Å²) < 4.78 is 5.51. The predicted molar refractivity (Wildman–Crippen MR) is 103 cm³/mol. The Morgan fingerprint density at radius 1 is 1.21 bits per heavy atom. The zero-order chi connectivity index (χ0) is 20.7. The van der Waals surface area contributed by atoms with E-state index in [1.165, 1.54) is 25.1 Å². The molecule has 0 saturated heterocycles. The zero-order valence-corrected chi connectivity index (χ0v) is 15.7. The summed E-state index contributed by atoms with van der Waals surface area (Å²) in [4.78, 5) is 34.4. The van der Waals surface area contributed by atoms with Crippen LogP contribution in [0.3, 0.4) is 0 Å². The number of rotatable bonds is 9. The van der Waals surface area contributed by atoms with Gasteiger partial charge < -0.3 is 15.2 Å². The molecule has 0 fully saturated rings. The van der Waals surface area contributed by atoms with Crippen LogP contribution in [0.25, 0.3) is 0 Å². The number of carboxylic acid groups (broad SMARTS) is 1. The van der Waals surface area contributed by atoms with Gasteiger partial charge in [0.15, 0.2) is 0 Å². The number of nitro benzene ring substituents is 1. The van der Waals surface area contributed by atoms with Gasteiger partial charge in [0, 0.05) is 17.2 Å². The summed E-state index contributed by atoms with van der Waals surface area (Å²) in [6, 6.07) is 10.2. The van der Waals surface area contributed by atoms with E-state index < -0.39 is 22.8 Å². The quantitative estimate of drug-likeness (QED) is 0.502. The molecule has 2 rings (SSSR count). The summed E-state index contributed by atoms with van der Waals surface area (Å²) >= 11 is 0. The van der Waals surface area contributed by atoms with E-state index in [0.29, 0.717) is 17.9 Å². The Kier molecular flexibility index (Phi) is 7.08. The fraction of sp³-hybridized carbons (Fsp3) is 0.300. The molecule has 0 aromatic heterocycles. The van der Waals surface area contributed by atoms with Crippen LogP contribution in [0, 0.1) is 17.0 Å². The Morgan fingerprint density at radius 3 is 2.46 bits per heavy atom. The van der Waals surface area contributed by atoms with Crippen molar-refractivity contribution in [2.75, 3.05) is 6.61 Å². The van der Waals surface area contributed by atoms with Crippen molar-refractivity contribution in [2.24, 2.45) is 0 Å². The van der Waals surface area contributed by atoms with E-state index in [0.717, 1.165) is 6.42 Å². The van der Waals surface area contributed by atoms with Crippen molar-refractivity contribution in [1.29, 1.82) is 0 Å². The van der Waals surface area contributed by atoms with E-state index in [9.17, 15) is 24.8 Å². The zero-order valence-electron chi connectivity index (χ0n) is 15.7. The van der Waals surface area contributed by atoms with E-state index in [4.69, 9.17) is 4.74 Å². The van der Waals surface area contributed by atoms with Crippen molar-refractivity contribution in [1.82, 2.24) is 5.32 Å². The first-order valence-electron chi connectivity index (χ1n) is 8.83. The third-order valence-corrected chi connectivity index (χ3v) is 4.19. The molecule has 0 radical (unpaired) electrons. The number of amides is 1. The summed E-state index contributed by atoms with van der Waals surface area (Å²) in [7, 11) is 0. The van der Waals surface area contributed by atoms with E-state index >= 15 is 0 Å². The normalized spacial score (nSPS) is 11.5. The Hall–Kier alpha value is -3.42. The minimum atomic E-state index is -1.08. The second kappa shape index (κ2) is 9.50. The van der Waals surface area contributed by atoms with Gasteiger partial charge in [-0.1, -0.05) is 25.1 Å². The number of hydrogen-bond donors (Lipinski definition) is 2. The summed E-state index contributed by atoms with van der Waals surface area (Å²) in [5.41, 5.74) is 0.789. The first-order chi connectivity index (χ1) is 13.3. The second-order valence-electron chi connectivity index (χ2n) is 6.25. The number of carbonyl (C=O) groups excluding carboxylic acids is 1. The van der Waals surface area contributed by atoms with Crippen LogP contribution in [-0.2, 0) is 4.79 Å². The number of ether oxygens (including phenoxy) is 1. The molecule has 1 atom stereocenters. The molecule has 148 valence electrons. The van der Waals surface area contributed by atoms with Crippen LogP contribution >= 0.6 is 0 Å². The fourth-order valence-corrected chi connectivity index (χ4v) is 2.75. The maximum absolute atomic E-state index is 12.7. The van der Waals surface area contributed by atoms with Gasteiger partial charge in [-0.3, -0.25) is 19.7 Å². The molecular weight excluding hydrogens is 364 g/mol. The predicted octanol–water partition coefficient (Wildman–Crippen LogP) is 3.64. The van der Waals surface area contributed by atoms with Crippen molar-refractivity contribution in [3.05, 3.63) is 69.3 Å². The van der Waals surface area contributed by atoms with E-state index in [-0.39, 0.29) is 23.2 Å². The largest absolute Gasteiger partial charge is 0.494 e. The smallest absolute Gasteiger partial charge is 0.305 e. The number of aliphatic carboxylic acids is 1. The van der Waals surface area contributed by atoms with Gasteiger partial charge in [0.05, 0.1) is 24.0 Å². The highest BCUT2D eigenvalue weighted by Crippen LogP contribution is 2.24. The second-order valence-corrected chi connectivity index (χ2v) is 6.25. The Bertz CT molecular complexity index is 863. The van der Waals surface area contributed by atoms with Crippen LogP contribution in [0.1, 0.15) is 47.3 Å². The average molecular weight is 386 g/mol. The molecule has 0 aliphatic heterocycles. The summed E-state index contributed by atoms with van der Waals surface area (Å²) in [5, 5.41) is 22.9. The minimum absolute atomic E-state index is 0.132. The van der Waals surface area contributed by atoms with Gasteiger partial charge in [-0.15, -0.1) is 0 Å². The third-order valence-electron chi connectivity index (χ3n) is 4.19. The highest BCUT2D eigenvalue weighted by Gasteiger charge is 2.22. The Balaban J connectivity index is 2.25. The van der Waals surface area contributed by atoms with Crippen LogP contribution in [-0.4, -0.2) is 28.5 Å². The molecule has 0 aliphatic rings. The molecule has 0 aliphatic carbocycles. The molecule has 0 spiro atoms. The number of nitro groups is 1. The van der Waals surface area contributed by atoms with Gasteiger partial charge >= 0.3 is 5.97 Å². The summed E-state index contributed by atoms with van der Waals surface area (Å²) in [5.74, 6) is -0.994. The Morgan fingerprint density at radius 2 is 1.89 bits per heavy atom. The summed E-state index contributed by atoms with van der Waals surface area (Å²) in [6.45, 7) is 4.04. The molecule has 8 heteroatoms. The van der Waals surface area contributed by atoms with Gasteiger partial charge in [0.25, 0.3) is 11.6 Å². The lowest BCUT2D eigenvalue weighted by Crippen LogP contribution is -2.30. The lowest BCUT2D eigenvalue weighted by molar-refractivity contribution is -0.385. The highest BCUT2D eigenvalue weighted by atomic mass is 16.6. The van der Waals surface area contributed by atoms with Crippen molar-refractivity contribution >= 4 is 17.6 Å². The highest BCUT2D eigenvalue weighted by molar-refractivity contribution is 5.97. The minimum Gasteiger partial charge on any atom is -0.494 e. The van der Waals surface area contributed by atoms with Crippen LogP contribution in [0.4, 0.5) is 5.69 Å². The van der Waals surface area contributed by atoms with Crippen LogP contribution in [0.5, 0.6) is 5.75 Å². The number of carboxylic acids is 1. The Labute approximate surface area is 162 Å². The average Bonchev–Trinajstić information content (AvgIpc) is 2.65. The van der Waals surface area contributed by atoms with Gasteiger partial charge in [-0.25, -0.2) is 0 Å². The van der Waals surface area contributed by atoms with Crippen LogP contribution in [0.15, 0.2) is 42.5 Å². The molecule has 8 nitrogen and oxygen atoms in total. The van der Waals surface area contributed by atoms with Gasteiger partial charge in [0.1, 0.15) is 5.75 Å². The van der Waals surface area contributed by atoms with E-state index in [1.54, 1.807) is 24.3 Å². The molecule has 2 aromatic carbocycles. The molecule has 0 unspecified atom stereocenters. The van der Waals surface area contributed by atoms with E-state index in [2.05, 4.69) is 5.32 Å². The number of nitrogens with one attached hydrogen (secondary N) is 1.